The van der Waals surface area contributed by atoms with E-state index in [1.165, 1.54) is 6.92 Å². The van der Waals surface area contributed by atoms with Gasteiger partial charge in [0.25, 0.3) is 0 Å². The Kier molecular flexibility index (Phi) is 5.61. The number of rotatable bonds is 6. The van der Waals surface area contributed by atoms with Gasteiger partial charge in [0, 0.05) is 13.3 Å². The van der Waals surface area contributed by atoms with Crippen molar-refractivity contribution in [2.45, 2.75) is 20.0 Å². The summed E-state index contributed by atoms with van der Waals surface area (Å²) in [6.45, 7) is 8.93. The smallest absolute Gasteiger partial charge is 0.302 e. The Morgan fingerprint density at radius 2 is 2.16 bits per heavy atom. The molecule has 0 bridgehead atoms. The highest BCUT2D eigenvalue weighted by Crippen LogP contribution is 2.22. The Hall–Kier alpha value is -2.29. The zero-order valence-corrected chi connectivity index (χ0v) is 11.1. The summed E-state index contributed by atoms with van der Waals surface area (Å²) in [6, 6.07) is 5.15. The summed E-state index contributed by atoms with van der Waals surface area (Å²) in [5.74, 6) is -0.114. The molecule has 3 heteroatoms. The minimum atomic E-state index is -0.326. The van der Waals surface area contributed by atoms with E-state index in [-0.39, 0.29) is 18.3 Å². The van der Waals surface area contributed by atoms with E-state index in [1.807, 2.05) is 12.1 Å². The Balaban J connectivity index is 2.90. The molecule has 1 aromatic carbocycles. The maximum atomic E-state index is 10.8. The van der Waals surface area contributed by atoms with Crippen LogP contribution in [0.2, 0.25) is 0 Å². The maximum Gasteiger partial charge on any atom is 0.302 e. The highest BCUT2D eigenvalue weighted by molar-refractivity contribution is 5.65. The van der Waals surface area contributed by atoms with Crippen molar-refractivity contribution in [1.82, 2.24) is 0 Å². The minimum absolute atomic E-state index is 0.206. The van der Waals surface area contributed by atoms with Crippen molar-refractivity contribution in [2.75, 3.05) is 0 Å². The third-order valence-corrected chi connectivity index (χ3v) is 2.57. The molecule has 0 radical (unpaired) electrons. The molecule has 0 saturated heterocycles. The SMILES string of the molecule is C=C/C=C(\C=C)Cc1cc(COC(C)=O)ccc1O. The normalized spacial score (nSPS) is 10.9. The number of allylic oxidation sites excluding steroid dienone is 4. The molecular weight excluding hydrogens is 240 g/mol. The molecule has 0 saturated carbocycles. The lowest BCUT2D eigenvalue weighted by Crippen LogP contribution is -1.99. The highest BCUT2D eigenvalue weighted by Gasteiger charge is 2.05. The zero-order chi connectivity index (χ0) is 14.3. The number of carbonyl (C=O) groups excluding carboxylic acids is 1. The Morgan fingerprint density at radius 1 is 1.42 bits per heavy atom. The van der Waals surface area contributed by atoms with Crippen molar-refractivity contribution in [3.63, 3.8) is 0 Å². The zero-order valence-electron chi connectivity index (χ0n) is 11.1. The van der Waals surface area contributed by atoms with Crippen LogP contribution >= 0.6 is 0 Å². The largest absolute Gasteiger partial charge is 0.508 e. The van der Waals surface area contributed by atoms with Crippen LogP contribution in [0.25, 0.3) is 0 Å². The van der Waals surface area contributed by atoms with Gasteiger partial charge in [-0.2, -0.15) is 0 Å². The van der Waals surface area contributed by atoms with Gasteiger partial charge in [-0.1, -0.05) is 37.5 Å². The molecule has 0 spiro atoms. The molecule has 0 aliphatic rings. The highest BCUT2D eigenvalue weighted by atomic mass is 16.5. The molecular formula is C16H18O3. The van der Waals surface area contributed by atoms with Crippen LogP contribution in [-0.2, 0) is 22.6 Å². The Bertz CT molecular complexity index is 513. The Morgan fingerprint density at radius 3 is 2.74 bits per heavy atom. The van der Waals surface area contributed by atoms with E-state index in [2.05, 4.69) is 13.2 Å². The van der Waals surface area contributed by atoms with E-state index in [1.54, 1.807) is 24.3 Å². The van der Waals surface area contributed by atoms with E-state index < -0.39 is 0 Å². The molecule has 1 N–H and O–H groups in total. The molecule has 100 valence electrons. The minimum Gasteiger partial charge on any atom is -0.508 e. The summed E-state index contributed by atoms with van der Waals surface area (Å²) < 4.78 is 4.93. The number of ether oxygens (including phenoxy) is 1. The quantitative estimate of drug-likeness (QED) is 0.629. The van der Waals surface area contributed by atoms with Crippen molar-refractivity contribution in [2.24, 2.45) is 0 Å². The van der Waals surface area contributed by atoms with Crippen LogP contribution in [0.15, 0.2) is 55.2 Å². The first-order valence-electron chi connectivity index (χ1n) is 5.95. The lowest BCUT2D eigenvalue weighted by Gasteiger charge is -2.08. The van der Waals surface area contributed by atoms with E-state index in [0.29, 0.717) is 6.42 Å². The Labute approximate surface area is 113 Å². The van der Waals surface area contributed by atoms with Gasteiger partial charge in [0.05, 0.1) is 0 Å². The van der Waals surface area contributed by atoms with Crippen LogP contribution in [0, 0.1) is 0 Å². The standard InChI is InChI=1S/C16H18O3/c1-4-6-13(5-2)9-15-10-14(7-8-16(15)18)11-19-12(3)17/h4-8,10,18H,1-2,9,11H2,3H3/b13-6+. The van der Waals surface area contributed by atoms with Gasteiger partial charge in [-0.25, -0.2) is 0 Å². The predicted molar refractivity (Wildman–Crippen MR) is 75.8 cm³/mol. The van der Waals surface area contributed by atoms with Gasteiger partial charge < -0.3 is 9.84 Å². The van der Waals surface area contributed by atoms with E-state index in [0.717, 1.165) is 16.7 Å². The molecule has 19 heavy (non-hydrogen) atoms. The van der Waals surface area contributed by atoms with Crippen molar-refractivity contribution in [1.29, 1.82) is 0 Å². The number of benzene rings is 1. The lowest BCUT2D eigenvalue weighted by atomic mass is 10.0. The summed E-state index contributed by atoms with van der Waals surface area (Å²) in [7, 11) is 0. The number of esters is 1. The summed E-state index contributed by atoms with van der Waals surface area (Å²) in [4.78, 5) is 10.8. The number of hydrogen-bond donors (Lipinski definition) is 1. The second-order valence-corrected chi connectivity index (χ2v) is 4.10. The first kappa shape index (κ1) is 14.8. The van der Waals surface area contributed by atoms with Crippen molar-refractivity contribution in [3.8, 4) is 5.75 Å². The first-order chi connectivity index (χ1) is 9.06. The molecule has 0 aliphatic carbocycles. The fourth-order valence-electron chi connectivity index (χ4n) is 1.63. The van der Waals surface area contributed by atoms with Crippen molar-refractivity contribution in [3.05, 3.63) is 66.3 Å². The van der Waals surface area contributed by atoms with Crippen molar-refractivity contribution < 1.29 is 14.6 Å². The fraction of sp³-hybridized carbons (Fsp3) is 0.188. The van der Waals surface area contributed by atoms with Crippen LogP contribution in [-0.4, -0.2) is 11.1 Å². The van der Waals surface area contributed by atoms with Crippen LogP contribution in [0.1, 0.15) is 18.1 Å². The molecule has 0 aromatic heterocycles. The second kappa shape index (κ2) is 7.21. The average molecular weight is 258 g/mol. The van der Waals surface area contributed by atoms with Gasteiger partial charge in [-0.15, -0.1) is 0 Å². The fourth-order valence-corrected chi connectivity index (χ4v) is 1.63. The molecule has 0 heterocycles. The third-order valence-electron chi connectivity index (χ3n) is 2.57. The van der Waals surface area contributed by atoms with Crippen LogP contribution < -0.4 is 0 Å². The molecule has 3 nitrogen and oxygen atoms in total. The van der Waals surface area contributed by atoms with Crippen LogP contribution in [0.4, 0.5) is 0 Å². The number of carbonyl (C=O) groups is 1. The molecule has 0 fully saturated rings. The molecule has 0 unspecified atom stereocenters. The molecule has 1 rings (SSSR count). The van der Waals surface area contributed by atoms with E-state index in [9.17, 15) is 9.90 Å². The van der Waals surface area contributed by atoms with Crippen LogP contribution in [0.3, 0.4) is 0 Å². The van der Waals surface area contributed by atoms with Gasteiger partial charge in [-0.05, 0) is 28.8 Å². The molecule has 0 aliphatic heterocycles. The van der Waals surface area contributed by atoms with Gasteiger partial charge in [0.15, 0.2) is 0 Å². The van der Waals surface area contributed by atoms with Crippen LogP contribution in [0.5, 0.6) is 5.75 Å². The van der Waals surface area contributed by atoms with E-state index in [4.69, 9.17) is 4.74 Å². The molecule has 0 atom stereocenters. The maximum absolute atomic E-state index is 10.8. The number of phenolic OH excluding ortho intramolecular Hbond substituents is 1. The van der Waals surface area contributed by atoms with Gasteiger partial charge in [-0.3, -0.25) is 4.79 Å². The summed E-state index contributed by atoms with van der Waals surface area (Å²) >= 11 is 0. The molecule has 1 aromatic rings. The topological polar surface area (TPSA) is 46.5 Å². The van der Waals surface area contributed by atoms with Gasteiger partial charge in [0.1, 0.15) is 12.4 Å². The summed E-state index contributed by atoms with van der Waals surface area (Å²) in [5.41, 5.74) is 2.55. The second-order valence-electron chi connectivity index (χ2n) is 4.10. The monoisotopic (exact) mass is 258 g/mol. The average Bonchev–Trinajstić information content (AvgIpc) is 2.38. The summed E-state index contributed by atoms with van der Waals surface area (Å²) in [6.07, 6.45) is 5.79. The predicted octanol–water partition coefficient (Wildman–Crippen LogP) is 3.30. The van der Waals surface area contributed by atoms with Gasteiger partial charge >= 0.3 is 5.97 Å². The first-order valence-corrected chi connectivity index (χ1v) is 5.95. The number of aromatic hydroxyl groups is 1. The summed E-state index contributed by atoms with van der Waals surface area (Å²) in [5, 5.41) is 9.83. The number of phenols is 1. The van der Waals surface area contributed by atoms with Gasteiger partial charge in [0.2, 0.25) is 0 Å². The third kappa shape index (κ3) is 4.84. The van der Waals surface area contributed by atoms with E-state index >= 15 is 0 Å². The number of hydrogen-bond acceptors (Lipinski definition) is 3. The lowest BCUT2D eigenvalue weighted by molar-refractivity contribution is -0.142. The van der Waals surface area contributed by atoms with Crippen molar-refractivity contribution >= 4 is 5.97 Å². The molecule has 0 amide bonds.